The molecular weight excluding hydrogens is 358 g/mol. The van der Waals surface area contributed by atoms with Gasteiger partial charge in [-0.25, -0.2) is 9.59 Å². The number of hydrogen-bond donors (Lipinski definition) is 4. The number of rotatable bonds is 6. The van der Waals surface area contributed by atoms with Crippen molar-refractivity contribution in [3.05, 3.63) is 83.4 Å². The van der Waals surface area contributed by atoms with Gasteiger partial charge in [-0.3, -0.25) is 0 Å². The molecule has 0 aromatic heterocycles. The first-order valence-electron chi connectivity index (χ1n) is 8.22. The molecule has 0 saturated carbocycles. The predicted molar refractivity (Wildman–Crippen MR) is 105 cm³/mol. The summed E-state index contributed by atoms with van der Waals surface area (Å²) in [6.07, 6.45) is 0. The Hall–Kier alpha value is -4.31. The summed E-state index contributed by atoms with van der Waals surface area (Å²) < 4.78 is 0. The molecule has 28 heavy (non-hydrogen) atoms. The fraction of sp³-hybridized carbons (Fsp3) is 0. The molecule has 7 heteroatoms. The Labute approximate surface area is 160 Å². The van der Waals surface area contributed by atoms with Crippen molar-refractivity contribution in [1.29, 1.82) is 5.26 Å². The molecule has 0 aliphatic carbocycles. The third kappa shape index (κ3) is 3.92. The minimum atomic E-state index is -1.09. The van der Waals surface area contributed by atoms with E-state index < -0.39 is 11.9 Å². The summed E-state index contributed by atoms with van der Waals surface area (Å²) in [7, 11) is 0. The molecule has 3 rings (SSSR count). The lowest BCUT2D eigenvalue weighted by Gasteiger charge is -2.16. The lowest BCUT2D eigenvalue weighted by Crippen LogP contribution is -2.06. The van der Waals surface area contributed by atoms with Crippen LogP contribution in [0.15, 0.2) is 66.7 Å². The molecule has 3 aromatic carbocycles. The highest BCUT2D eigenvalue weighted by Gasteiger charge is 2.14. The minimum absolute atomic E-state index is 0.0711. The number of aromatic carboxylic acids is 2. The molecule has 7 nitrogen and oxygen atoms in total. The van der Waals surface area contributed by atoms with Crippen LogP contribution in [-0.2, 0) is 0 Å². The standard InChI is InChI=1S/C21H15N3O4/c22-12-13-9-10-18(23-16-7-3-1-5-14(16)20(25)26)19(11-13)24-17-8-4-2-6-15(17)21(27)28/h1-11,23-24H,(H,25,26)(H,27,28). The zero-order valence-corrected chi connectivity index (χ0v) is 14.5. The molecule has 138 valence electrons. The summed E-state index contributed by atoms with van der Waals surface area (Å²) in [6.45, 7) is 0. The number of nitrogens with one attached hydrogen (secondary N) is 2. The maximum absolute atomic E-state index is 11.5. The molecule has 0 aliphatic rings. The topological polar surface area (TPSA) is 122 Å². The van der Waals surface area contributed by atoms with E-state index >= 15 is 0 Å². The maximum Gasteiger partial charge on any atom is 0.337 e. The van der Waals surface area contributed by atoms with Gasteiger partial charge in [0.05, 0.1) is 45.5 Å². The largest absolute Gasteiger partial charge is 0.478 e. The molecular formula is C21H15N3O4. The van der Waals surface area contributed by atoms with Gasteiger partial charge < -0.3 is 20.8 Å². The van der Waals surface area contributed by atoms with Crippen LogP contribution in [0.1, 0.15) is 26.3 Å². The predicted octanol–water partition coefficient (Wildman–Crippen LogP) is 4.44. The van der Waals surface area contributed by atoms with E-state index in [9.17, 15) is 25.1 Å². The second-order valence-electron chi connectivity index (χ2n) is 5.82. The van der Waals surface area contributed by atoms with Crippen LogP contribution in [0.4, 0.5) is 22.7 Å². The highest BCUT2D eigenvalue weighted by atomic mass is 16.4. The molecule has 0 amide bonds. The molecule has 0 heterocycles. The number of hydrogen-bond acceptors (Lipinski definition) is 5. The van der Waals surface area contributed by atoms with Crippen molar-refractivity contribution in [3.63, 3.8) is 0 Å². The van der Waals surface area contributed by atoms with E-state index in [1.54, 1.807) is 54.6 Å². The number of para-hydroxylation sites is 2. The zero-order valence-electron chi connectivity index (χ0n) is 14.5. The van der Waals surface area contributed by atoms with Crippen molar-refractivity contribution in [2.45, 2.75) is 0 Å². The number of anilines is 4. The summed E-state index contributed by atoms with van der Waals surface area (Å²) in [6, 6.07) is 19.6. The van der Waals surface area contributed by atoms with Crippen LogP contribution >= 0.6 is 0 Å². The van der Waals surface area contributed by atoms with Crippen LogP contribution in [0.5, 0.6) is 0 Å². The van der Waals surface area contributed by atoms with Crippen LogP contribution in [0, 0.1) is 11.3 Å². The number of nitrogens with zero attached hydrogens (tertiary/aromatic N) is 1. The lowest BCUT2D eigenvalue weighted by atomic mass is 10.1. The molecule has 0 atom stereocenters. The van der Waals surface area contributed by atoms with Crippen molar-refractivity contribution in [1.82, 2.24) is 0 Å². The first-order chi connectivity index (χ1) is 13.5. The Bertz CT molecular complexity index is 1100. The van der Waals surface area contributed by atoms with Crippen molar-refractivity contribution < 1.29 is 19.8 Å². The molecule has 0 radical (unpaired) electrons. The van der Waals surface area contributed by atoms with Gasteiger partial charge in [0.25, 0.3) is 0 Å². The molecule has 4 N–H and O–H groups in total. The summed E-state index contributed by atoms with van der Waals surface area (Å²) in [5.74, 6) is -2.17. The van der Waals surface area contributed by atoms with Crippen molar-refractivity contribution in [2.24, 2.45) is 0 Å². The van der Waals surface area contributed by atoms with Gasteiger partial charge in [0.1, 0.15) is 0 Å². The van der Waals surface area contributed by atoms with Gasteiger partial charge in [0.15, 0.2) is 0 Å². The summed E-state index contributed by atoms with van der Waals surface area (Å²) >= 11 is 0. The second-order valence-corrected chi connectivity index (χ2v) is 5.82. The first kappa shape index (κ1) is 18.5. The SMILES string of the molecule is N#Cc1ccc(Nc2ccccc2C(=O)O)c(Nc2ccccc2C(=O)O)c1. The molecule has 0 fully saturated rings. The van der Waals surface area contributed by atoms with Gasteiger partial charge in [-0.15, -0.1) is 0 Å². The Morgan fingerprint density at radius 2 is 1.21 bits per heavy atom. The minimum Gasteiger partial charge on any atom is -0.478 e. The van der Waals surface area contributed by atoms with Gasteiger partial charge in [0, 0.05) is 0 Å². The van der Waals surface area contributed by atoms with E-state index in [2.05, 4.69) is 10.6 Å². The number of nitriles is 1. The second kappa shape index (κ2) is 7.93. The monoisotopic (exact) mass is 373 g/mol. The highest BCUT2D eigenvalue weighted by molar-refractivity contribution is 5.98. The molecule has 3 aromatic rings. The number of carboxylic acids is 2. The van der Waals surface area contributed by atoms with E-state index in [0.717, 1.165) is 0 Å². The molecule has 0 bridgehead atoms. The summed E-state index contributed by atoms with van der Waals surface area (Å²) in [5.41, 5.74) is 2.17. The maximum atomic E-state index is 11.5. The number of benzene rings is 3. The first-order valence-corrected chi connectivity index (χ1v) is 8.22. The fourth-order valence-electron chi connectivity index (χ4n) is 2.67. The molecule has 0 spiro atoms. The summed E-state index contributed by atoms with van der Waals surface area (Å²) in [4.78, 5) is 22.9. The van der Waals surface area contributed by atoms with Crippen LogP contribution in [0.25, 0.3) is 0 Å². The van der Waals surface area contributed by atoms with E-state index in [-0.39, 0.29) is 11.1 Å². The quantitative estimate of drug-likeness (QED) is 0.504. The van der Waals surface area contributed by atoms with Gasteiger partial charge in [-0.2, -0.15) is 5.26 Å². The Morgan fingerprint density at radius 1 is 0.714 bits per heavy atom. The van der Waals surface area contributed by atoms with Crippen LogP contribution in [0.3, 0.4) is 0 Å². The van der Waals surface area contributed by atoms with E-state index in [1.807, 2.05) is 6.07 Å². The fourth-order valence-corrected chi connectivity index (χ4v) is 2.67. The van der Waals surface area contributed by atoms with E-state index in [1.165, 1.54) is 12.1 Å². The zero-order chi connectivity index (χ0) is 20.1. The smallest absolute Gasteiger partial charge is 0.337 e. The van der Waals surface area contributed by atoms with Gasteiger partial charge in [-0.05, 0) is 42.5 Å². The number of carboxylic acid groups (broad SMARTS) is 2. The molecule has 0 unspecified atom stereocenters. The van der Waals surface area contributed by atoms with Gasteiger partial charge >= 0.3 is 11.9 Å². The Balaban J connectivity index is 2.04. The van der Waals surface area contributed by atoms with E-state index in [0.29, 0.717) is 28.3 Å². The van der Waals surface area contributed by atoms with Crippen LogP contribution in [-0.4, -0.2) is 22.2 Å². The van der Waals surface area contributed by atoms with Crippen molar-refractivity contribution in [2.75, 3.05) is 10.6 Å². The van der Waals surface area contributed by atoms with Crippen LogP contribution in [0.2, 0.25) is 0 Å². The van der Waals surface area contributed by atoms with E-state index in [4.69, 9.17) is 0 Å². The Kier molecular flexibility index (Phi) is 5.23. The average molecular weight is 373 g/mol. The van der Waals surface area contributed by atoms with Crippen LogP contribution < -0.4 is 10.6 Å². The number of carbonyl (C=O) groups is 2. The molecule has 0 saturated heterocycles. The van der Waals surface area contributed by atoms with Crippen molar-refractivity contribution in [3.8, 4) is 6.07 Å². The van der Waals surface area contributed by atoms with Gasteiger partial charge in [0.2, 0.25) is 0 Å². The lowest BCUT2D eigenvalue weighted by molar-refractivity contribution is 0.0687. The third-order valence-corrected chi connectivity index (χ3v) is 4.00. The molecule has 0 aliphatic heterocycles. The summed E-state index contributed by atoms with van der Waals surface area (Å²) in [5, 5.41) is 34.0. The Morgan fingerprint density at radius 3 is 1.71 bits per heavy atom. The highest BCUT2D eigenvalue weighted by Crippen LogP contribution is 2.32. The van der Waals surface area contributed by atoms with Gasteiger partial charge in [-0.1, -0.05) is 24.3 Å². The third-order valence-electron chi connectivity index (χ3n) is 4.00. The average Bonchev–Trinajstić information content (AvgIpc) is 2.69. The normalized spacial score (nSPS) is 9.96. The van der Waals surface area contributed by atoms with Crippen molar-refractivity contribution >= 4 is 34.7 Å².